The van der Waals surface area contributed by atoms with Crippen LogP contribution in [0.1, 0.15) is 5.56 Å². The minimum atomic E-state index is 0.509. The minimum Gasteiger partial charge on any atom is -0.472 e. The van der Waals surface area contributed by atoms with Gasteiger partial charge in [-0.2, -0.15) is 0 Å². The number of nitrogens with zero attached hydrogens (tertiary/aromatic N) is 2. The van der Waals surface area contributed by atoms with Crippen molar-refractivity contribution >= 4 is 11.8 Å². The zero-order chi connectivity index (χ0) is 12.6. The number of aromatic nitrogens is 2. The zero-order valence-electron chi connectivity index (χ0n) is 9.95. The van der Waals surface area contributed by atoms with Crippen LogP contribution >= 0.6 is 11.8 Å². The second-order valence-electron chi connectivity index (χ2n) is 3.58. The van der Waals surface area contributed by atoms with Crippen molar-refractivity contribution in [2.24, 2.45) is 0 Å². The van der Waals surface area contributed by atoms with Crippen molar-refractivity contribution in [2.75, 3.05) is 5.75 Å². The van der Waals surface area contributed by atoms with Crippen LogP contribution in [0.25, 0.3) is 0 Å². The Kier molecular flexibility index (Phi) is 4.78. The summed E-state index contributed by atoms with van der Waals surface area (Å²) >= 11 is 1.60. The third kappa shape index (κ3) is 3.89. The molecule has 0 saturated heterocycles. The van der Waals surface area contributed by atoms with E-state index < -0.39 is 0 Å². The number of hydrogen-bond donors (Lipinski definition) is 0. The molecular formula is C14H14N2OS. The van der Waals surface area contributed by atoms with Gasteiger partial charge in [0.15, 0.2) is 0 Å². The van der Waals surface area contributed by atoms with Crippen LogP contribution < -0.4 is 4.74 Å². The predicted octanol–water partition coefficient (Wildman–Crippen LogP) is 3.33. The third-order valence-corrected chi connectivity index (χ3v) is 3.11. The molecule has 0 aliphatic carbocycles. The molecule has 0 atom stereocenters. The van der Waals surface area contributed by atoms with Crippen LogP contribution in [0, 0.1) is 0 Å². The van der Waals surface area contributed by atoms with Gasteiger partial charge in [-0.05, 0) is 11.6 Å². The average Bonchev–Trinajstić information content (AvgIpc) is 2.45. The number of benzene rings is 1. The van der Waals surface area contributed by atoms with E-state index in [1.807, 2.05) is 48.5 Å². The maximum Gasteiger partial charge on any atom is 0.233 e. The molecule has 0 saturated carbocycles. The second-order valence-corrected chi connectivity index (χ2v) is 4.62. The van der Waals surface area contributed by atoms with E-state index in [2.05, 4.69) is 16.8 Å². The van der Waals surface area contributed by atoms with Crippen LogP contribution in [-0.2, 0) is 6.61 Å². The molecule has 0 bridgehead atoms. The summed E-state index contributed by atoms with van der Waals surface area (Å²) in [5, 5.41) is 8.96. The molecule has 0 N–H and O–H groups in total. The third-order valence-electron chi connectivity index (χ3n) is 2.19. The summed E-state index contributed by atoms with van der Waals surface area (Å²) in [5.74, 6) is 1.38. The van der Waals surface area contributed by atoms with Crippen LogP contribution in [0.5, 0.6) is 5.88 Å². The Balaban J connectivity index is 1.88. The largest absolute Gasteiger partial charge is 0.472 e. The van der Waals surface area contributed by atoms with Crippen LogP contribution in [0.3, 0.4) is 0 Å². The Hall–Kier alpha value is -1.81. The summed E-state index contributed by atoms with van der Waals surface area (Å²) in [7, 11) is 0. The summed E-state index contributed by atoms with van der Waals surface area (Å²) in [6.45, 7) is 4.17. The van der Waals surface area contributed by atoms with Gasteiger partial charge in [-0.25, -0.2) is 0 Å². The minimum absolute atomic E-state index is 0.509. The highest BCUT2D eigenvalue weighted by Crippen LogP contribution is 2.16. The zero-order valence-corrected chi connectivity index (χ0v) is 10.8. The lowest BCUT2D eigenvalue weighted by atomic mass is 10.2. The van der Waals surface area contributed by atoms with Gasteiger partial charge in [-0.15, -0.1) is 28.5 Å². The van der Waals surface area contributed by atoms with Gasteiger partial charge in [0.25, 0.3) is 0 Å². The molecule has 4 heteroatoms. The molecular weight excluding hydrogens is 244 g/mol. The highest BCUT2D eigenvalue weighted by molar-refractivity contribution is 7.99. The quantitative estimate of drug-likeness (QED) is 0.588. The van der Waals surface area contributed by atoms with Gasteiger partial charge >= 0.3 is 0 Å². The Morgan fingerprint density at radius 2 is 1.94 bits per heavy atom. The van der Waals surface area contributed by atoms with E-state index >= 15 is 0 Å². The molecule has 0 aliphatic heterocycles. The molecule has 0 aliphatic rings. The Bertz CT molecular complexity index is 485. The predicted molar refractivity (Wildman–Crippen MR) is 73.7 cm³/mol. The van der Waals surface area contributed by atoms with Gasteiger partial charge in [-0.3, -0.25) is 0 Å². The van der Waals surface area contributed by atoms with Crippen molar-refractivity contribution in [1.29, 1.82) is 0 Å². The molecule has 1 aromatic heterocycles. The molecule has 0 fully saturated rings. The van der Waals surface area contributed by atoms with E-state index in [1.165, 1.54) is 0 Å². The van der Waals surface area contributed by atoms with Gasteiger partial charge in [0, 0.05) is 11.8 Å². The fraction of sp³-hybridized carbons (Fsp3) is 0.143. The summed E-state index contributed by atoms with van der Waals surface area (Å²) in [4.78, 5) is 0. The van der Waals surface area contributed by atoms with Crippen molar-refractivity contribution in [3.8, 4) is 5.88 Å². The van der Waals surface area contributed by atoms with Crippen LogP contribution in [0.2, 0.25) is 0 Å². The van der Waals surface area contributed by atoms with Crippen molar-refractivity contribution in [3.63, 3.8) is 0 Å². The SMILES string of the molecule is C=CCSc1ccc(OCc2ccccc2)nn1. The lowest BCUT2D eigenvalue weighted by molar-refractivity contribution is 0.289. The average molecular weight is 258 g/mol. The summed E-state index contributed by atoms with van der Waals surface area (Å²) < 4.78 is 5.55. The van der Waals surface area contributed by atoms with Crippen molar-refractivity contribution < 1.29 is 4.74 Å². The number of thioether (sulfide) groups is 1. The standard InChI is InChI=1S/C14H14N2OS/c1-2-10-18-14-9-8-13(15-16-14)17-11-12-6-4-3-5-7-12/h2-9H,1,10-11H2. The van der Waals surface area contributed by atoms with Crippen LogP contribution in [0.4, 0.5) is 0 Å². The molecule has 3 nitrogen and oxygen atoms in total. The molecule has 2 aromatic rings. The second kappa shape index (κ2) is 6.81. The number of hydrogen-bond acceptors (Lipinski definition) is 4. The van der Waals surface area contributed by atoms with E-state index in [0.29, 0.717) is 12.5 Å². The first-order valence-corrected chi connectivity index (χ1v) is 6.61. The lowest BCUT2D eigenvalue weighted by Gasteiger charge is -2.04. The highest BCUT2D eigenvalue weighted by atomic mass is 32.2. The van der Waals surface area contributed by atoms with E-state index in [9.17, 15) is 0 Å². The molecule has 1 aromatic carbocycles. The molecule has 18 heavy (non-hydrogen) atoms. The van der Waals surface area contributed by atoms with Crippen molar-refractivity contribution in [1.82, 2.24) is 10.2 Å². The van der Waals surface area contributed by atoms with Crippen molar-refractivity contribution in [3.05, 3.63) is 60.7 Å². The normalized spacial score (nSPS) is 10.0. The van der Waals surface area contributed by atoms with Crippen LogP contribution in [-0.4, -0.2) is 16.0 Å². The maximum absolute atomic E-state index is 5.55. The Morgan fingerprint density at radius 3 is 2.61 bits per heavy atom. The molecule has 2 rings (SSSR count). The first-order valence-electron chi connectivity index (χ1n) is 5.62. The summed E-state index contributed by atoms with van der Waals surface area (Å²) in [5.41, 5.74) is 1.12. The van der Waals surface area contributed by atoms with Gasteiger partial charge in [0.2, 0.25) is 5.88 Å². The van der Waals surface area contributed by atoms with E-state index in [0.717, 1.165) is 16.3 Å². The summed E-state index contributed by atoms with van der Waals surface area (Å²) in [6, 6.07) is 13.7. The molecule has 0 amide bonds. The van der Waals surface area contributed by atoms with E-state index in [1.54, 1.807) is 11.8 Å². The number of rotatable bonds is 6. The fourth-order valence-corrected chi connectivity index (χ4v) is 1.89. The van der Waals surface area contributed by atoms with Gasteiger partial charge in [0.1, 0.15) is 11.6 Å². The maximum atomic E-state index is 5.55. The molecule has 0 radical (unpaired) electrons. The fourth-order valence-electron chi connectivity index (χ4n) is 1.34. The first-order chi connectivity index (χ1) is 8.88. The number of ether oxygens (including phenoxy) is 1. The Morgan fingerprint density at radius 1 is 1.11 bits per heavy atom. The first kappa shape index (κ1) is 12.6. The summed E-state index contributed by atoms with van der Waals surface area (Å²) in [6.07, 6.45) is 1.84. The molecule has 0 unspecified atom stereocenters. The van der Waals surface area contributed by atoms with E-state index in [4.69, 9.17) is 4.74 Å². The molecule has 0 spiro atoms. The molecule has 1 heterocycles. The molecule has 92 valence electrons. The van der Waals surface area contributed by atoms with Gasteiger partial charge < -0.3 is 4.74 Å². The van der Waals surface area contributed by atoms with Gasteiger partial charge in [0.05, 0.1) is 0 Å². The van der Waals surface area contributed by atoms with Gasteiger partial charge in [-0.1, -0.05) is 36.4 Å². The smallest absolute Gasteiger partial charge is 0.233 e. The van der Waals surface area contributed by atoms with E-state index in [-0.39, 0.29) is 0 Å². The van der Waals surface area contributed by atoms with Crippen molar-refractivity contribution in [2.45, 2.75) is 11.6 Å². The monoisotopic (exact) mass is 258 g/mol. The lowest BCUT2D eigenvalue weighted by Crippen LogP contribution is -1.98. The Labute approximate surface area is 111 Å². The topological polar surface area (TPSA) is 35.0 Å². The highest BCUT2D eigenvalue weighted by Gasteiger charge is 1.99. The van der Waals surface area contributed by atoms with Crippen LogP contribution in [0.15, 0.2) is 60.1 Å².